The fourth-order valence-corrected chi connectivity index (χ4v) is 4.55. The van der Waals surface area contributed by atoms with E-state index in [-0.39, 0.29) is 35.5 Å². The highest BCUT2D eigenvalue weighted by Crippen LogP contribution is 2.53. The Morgan fingerprint density at radius 2 is 1.26 bits per heavy atom. The summed E-state index contributed by atoms with van der Waals surface area (Å²) in [6.07, 6.45) is 5.16. The molecule has 134 valence electrons. The van der Waals surface area contributed by atoms with Crippen molar-refractivity contribution in [3.05, 3.63) is 66.2 Å². The lowest BCUT2D eigenvalue weighted by Gasteiger charge is -2.17. The highest BCUT2D eigenvalue weighted by Gasteiger charge is 2.59. The second-order valence-corrected chi connectivity index (χ2v) is 7.56. The Morgan fingerprint density at radius 1 is 0.778 bits per heavy atom. The molecule has 2 amide bonds. The molecule has 1 aliphatic heterocycles. The molecule has 4 atom stereocenters. The lowest BCUT2D eigenvalue weighted by Crippen LogP contribution is -2.32. The average molecular weight is 357 g/mol. The minimum Gasteiger partial charge on any atom is -0.274 e. The van der Waals surface area contributed by atoms with E-state index in [9.17, 15) is 9.59 Å². The van der Waals surface area contributed by atoms with E-state index in [0.717, 1.165) is 12.1 Å². The first-order valence-corrected chi connectivity index (χ1v) is 9.26. The van der Waals surface area contributed by atoms with Gasteiger partial charge in [0.1, 0.15) is 0 Å². The number of allylic oxidation sites excluding steroid dienone is 2. The van der Waals surface area contributed by atoms with Crippen molar-refractivity contribution in [2.24, 2.45) is 33.9 Å². The Kier molecular flexibility index (Phi) is 3.57. The molecule has 0 aromatic heterocycles. The summed E-state index contributed by atoms with van der Waals surface area (Å²) < 4.78 is 0. The second kappa shape index (κ2) is 5.98. The van der Waals surface area contributed by atoms with Crippen molar-refractivity contribution in [2.75, 3.05) is 4.90 Å². The molecule has 0 unspecified atom stereocenters. The number of hydrogen-bond acceptors (Lipinski definition) is 4. The standard InChI is InChI=1S/C22H19N3O2/c1-13-2-6-16(7-3-13)23-24-17-8-10-18(11-9-17)25-21(26)19-14-4-5-15(12-14)20(19)22(25)27/h2-11,14-15,19-20H,12H2,1H3/t14-,15-,19-,20+/m0/s1. The molecular weight excluding hydrogens is 338 g/mol. The molecule has 2 aromatic rings. The molecule has 2 bridgehead atoms. The fraction of sp³-hybridized carbons (Fsp3) is 0.273. The van der Waals surface area contributed by atoms with Crippen LogP contribution in [0.15, 0.2) is 70.9 Å². The van der Waals surface area contributed by atoms with Crippen molar-refractivity contribution < 1.29 is 9.59 Å². The first-order chi connectivity index (χ1) is 13.1. The van der Waals surface area contributed by atoms with Crippen LogP contribution in [0.1, 0.15) is 12.0 Å². The summed E-state index contributed by atoms with van der Waals surface area (Å²) in [4.78, 5) is 27.0. The summed E-state index contributed by atoms with van der Waals surface area (Å²) in [5.41, 5.74) is 3.26. The van der Waals surface area contributed by atoms with Crippen molar-refractivity contribution in [1.29, 1.82) is 0 Å². The van der Waals surface area contributed by atoms with E-state index in [4.69, 9.17) is 0 Å². The zero-order valence-corrected chi connectivity index (χ0v) is 14.9. The average Bonchev–Trinajstić information content (AvgIpc) is 3.36. The molecule has 1 saturated heterocycles. The predicted octanol–water partition coefficient (Wildman–Crippen LogP) is 4.72. The van der Waals surface area contributed by atoms with E-state index in [1.165, 1.54) is 10.5 Å². The van der Waals surface area contributed by atoms with E-state index in [1.54, 1.807) is 24.3 Å². The zero-order valence-electron chi connectivity index (χ0n) is 14.9. The molecule has 2 aliphatic carbocycles. The molecule has 1 saturated carbocycles. The normalized spacial score (nSPS) is 28.6. The lowest BCUT2D eigenvalue weighted by molar-refractivity contribution is -0.123. The summed E-state index contributed by atoms with van der Waals surface area (Å²) in [5.74, 6) is -0.0124. The number of fused-ring (bicyclic) bond motifs is 5. The number of azo groups is 1. The number of hydrogen-bond donors (Lipinski definition) is 0. The van der Waals surface area contributed by atoms with Crippen molar-refractivity contribution >= 4 is 28.9 Å². The predicted molar refractivity (Wildman–Crippen MR) is 102 cm³/mol. The van der Waals surface area contributed by atoms with Crippen molar-refractivity contribution in [1.82, 2.24) is 0 Å². The third kappa shape index (κ3) is 2.53. The number of carbonyl (C=O) groups is 2. The zero-order chi connectivity index (χ0) is 18.5. The van der Waals surface area contributed by atoms with Gasteiger partial charge in [-0.2, -0.15) is 10.2 Å². The topological polar surface area (TPSA) is 62.1 Å². The van der Waals surface area contributed by atoms with Gasteiger partial charge in [-0.25, -0.2) is 0 Å². The summed E-state index contributed by atoms with van der Waals surface area (Å²) in [5, 5.41) is 8.45. The van der Waals surface area contributed by atoms with Crippen LogP contribution in [0.25, 0.3) is 0 Å². The molecule has 2 aromatic carbocycles. The molecule has 5 nitrogen and oxygen atoms in total. The maximum absolute atomic E-state index is 12.8. The van der Waals surface area contributed by atoms with Crippen LogP contribution in [0.2, 0.25) is 0 Å². The van der Waals surface area contributed by atoms with Crippen molar-refractivity contribution in [3.63, 3.8) is 0 Å². The van der Waals surface area contributed by atoms with Gasteiger partial charge < -0.3 is 0 Å². The molecule has 0 spiro atoms. The number of nitrogens with zero attached hydrogens (tertiary/aromatic N) is 3. The van der Waals surface area contributed by atoms with E-state index in [0.29, 0.717) is 11.4 Å². The molecule has 5 rings (SSSR count). The Labute approximate surface area is 157 Å². The smallest absolute Gasteiger partial charge is 0.238 e. The Hall–Kier alpha value is -3.08. The summed E-state index contributed by atoms with van der Waals surface area (Å²) in [7, 11) is 0. The van der Waals surface area contributed by atoms with Gasteiger partial charge in [-0.3, -0.25) is 14.5 Å². The van der Waals surface area contributed by atoms with E-state index < -0.39 is 0 Å². The third-order valence-corrected chi connectivity index (χ3v) is 5.89. The number of carbonyl (C=O) groups excluding carboxylic acids is 2. The Balaban J connectivity index is 1.36. The second-order valence-electron chi connectivity index (χ2n) is 7.56. The van der Waals surface area contributed by atoms with Gasteiger partial charge in [0.15, 0.2) is 0 Å². The molecule has 3 aliphatic rings. The number of rotatable bonds is 3. The number of benzene rings is 2. The Bertz CT molecular complexity index is 946. The third-order valence-electron chi connectivity index (χ3n) is 5.89. The van der Waals surface area contributed by atoms with Crippen LogP contribution in [0, 0.1) is 30.6 Å². The van der Waals surface area contributed by atoms with Crippen LogP contribution in [0.3, 0.4) is 0 Å². The molecule has 0 radical (unpaired) electrons. The van der Waals surface area contributed by atoms with E-state index >= 15 is 0 Å². The van der Waals surface area contributed by atoms with Gasteiger partial charge in [-0.15, -0.1) is 0 Å². The first kappa shape index (κ1) is 16.1. The lowest BCUT2D eigenvalue weighted by atomic mass is 9.85. The number of anilines is 1. The van der Waals surface area contributed by atoms with Crippen LogP contribution in [-0.2, 0) is 9.59 Å². The summed E-state index contributed by atoms with van der Waals surface area (Å²) in [6, 6.07) is 14.9. The minimum atomic E-state index is -0.173. The molecule has 0 N–H and O–H groups in total. The van der Waals surface area contributed by atoms with Gasteiger partial charge in [0.05, 0.1) is 28.9 Å². The number of imide groups is 1. The molecule has 27 heavy (non-hydrogen) atoms. The summed E-state index contributed by atoms with van der Waals surface area (Å²) >= 11 is 0. The summed E-state index contributed by atoms with van der Waals surface area (Å²) in [6.45, 7) is 2.02. The van der Waals surface area contributed by atoms with Crippen LogP contribution >= 0.6 is 0 Å². The van der Waals surface area contributed by atoms with E-state index in [1.807, 2.05) is 31.2 Å². The maximum Gasteiger partial charge on any atom is 0.238 e. The van der Waals surface area contributed by atoms with Gasteiger partial charge in [0.2, 0.25) is 11.8 Å². The van der Waals surface area contributed by atoms with Crippen LogP contribution < -0.4 is 4.90 Å². The van der Waals surface area contributed by atoms with Gasteiger partial charge in [0, 0.05) is 0 Å². The highest BCUT2D eigenvalue weighted by atomic mass is 16.2. The van der Waals surface area contributed by atoms with Gasteiger partial charge in [-0.05, 0) is 61.6 Å². The van der Waals surface area contributed by atoms with Crippen molar-refractivity contribution in [2.45, 2.75) is 13.3 Å². The SMILES string of the molecule is Cc1ccc(N=Nc2ccc(N3C(=O)[C@@H]4[C@H](C3=O)[C@H]3C=C[C@H]4C3)cc2)cc1. The largest absolute Gasteiger partial charge is 0.274 e. The Morgan fingerprint density at radius 3 is 1.78 bits per heavy atom. The first-order valence-electron chi connectivity index (χ1n) is 9.26. The van der Waals surface area contributed by atoms with Crippen LogP contribution in [-0.4, -0.2) is 11.8 Å². The number of aryl methyl sites for hydroxylation is 1. The maximum atomic E-state index is 12.8. The molecule has 2 fully saturated rings. The molecule has 1 heterocycles. The number of amides is 2. The monoisotopic (exact) mass is 357 g/mol. The quantitative estimate of drug-likeness (QED) is 0.453. The van der Waals surface area contributed by atoms with Crippen molar-refractivity contribution in [3.8, 4) is 0 Å². The van der Waals surface area contributed by atoms with E-state index in [2.05, 4.69) is 22.4 Å². The van der Waals surface area contributed by atoms with Gasteiger partial charge in [-0.1, -0.05) is 29.8 Å². The van der Waals surface area contributed by atoms with Crippen LogP contribution in [0.4, 0.5) is 17.1 Å². The fourth-order valence-electron chi connectivity index (χ4n) is 4.55. The molecule has 5 heteroatoms. The van der Waals surface area contributed by atoms with Crippen LogP contribution in [0.5, 0.6) is 0 Å². The highest BCUT2D eigenvalue weighted by molar-refractivity contribution is 6.22. The van der Waals surface area contributed by atoms with Gasteiger partial charge >= 0.3 is 0 Å². The minimum absolute atomic E-state index is 0.0594. The molecular formula is C22H19N3O2. The van der Waals surface area contributed by atoms with Gasteiger partial charge in [0.25, 0.3) is 0 Å².